The highest BCUT2D eigenvalue weighted by atomic mass is 35.5. The van der Waals surface area contributed by atoms with E-state index in [1.165, 1.54) is 0 Å². The van der Waals surface area contributed by atoms with Crippen molar-refractivity contribution >= 4 is 40.6 Å². The van der Waals surface area contributed by atoms with Crippen molar-refractivity contribution in [2.45, 2.75) is 31.3 Å². The summed E-state index contributed by atoms with van der Waals surface area (Å²) >= 11 is 12.7. The van der Waals surface area contributed by atoms with Crippen LogP contribution < -0.4 is 0 Å². The molecule has 88 valence electrons. The van der Waals surface area contributed by atoms with Gasteiger partial charge in [-0.15, -0.1) is 11.8 Å². The lowest BCUT2D eigenvalue weighted by atomic mass is 10.3. The van der Waals surface area contributed by atoms with Crippen molar-refractivity contribution in [3.63, 3.8) is 0 Å². The SMILES string of the molecule is CCC(C)OC(=S)c1nc(Cl)ccc1SC. The Morgan fingerprint density at radius 3 is 2.88 bits per heavy atom. The maximum absolute atomic E-state index is 5.85. The minimum absolute atomic E-state index is 0.1000. The van der Waals surface area contributed by atoms with Gasteiger partial charge >= 0.3 is 0 Å². The lowest BCUT2D eigenvalue weighted by Gasteiger charge is -2.14. The predicted molar refractivity (Wildman–Crippen MR) is 73.6 cm³/mol. The highest BCUT2D eigenvalue weighted by Crippen LogP contribution is 2.22. The summed E-state index contributed by atoms with van der Waals surface area (Å²) in [7, 11) is 0. The van der Waals surface area contributed by atoms with Crippen LogP contribution in [0.3, 0.4) is 0 Å². The summed E-state index contributed by atoms with van der Waals surface area (Å²) in [4.78, 5) is 5.19. The molecule has 5 heteroatoms. The van der Waals surface area contributed by atoms with Gasteiger partial charge in [0.25, 0.3) is 0 Å². The number of pyridine rings is 1. The molecule has 0 aromatic carbocycles. The molecule has 0 N–H and O–H groups in total. The van der Waals surface area contributed by atoms with Crippen LogP contribution in [0, 0.1) is 0 Å². The summed E-state index contributed by atoms with van der Waals surface area (Å²) < 4.78 is 5.58. The second-order valence-corrected chi connectivity index (χ2v) is 4.92. The Hall–Kier alpha value is -0.320. The first-order valence-electron chi connectivity index (χ1n) is 5.00. The molecule has 0 aliphatic carbocycles. The first-order chi connectivity index (χ1) is 7.58. The van der Waals surface area contributed by atoms with E-state index in [1.807, 2.05) is 26.2 Å². The molecule has 0 saturated carbocycles. The zero-order valence-corrected chi connectivity index (χ0v) is 11.9. The molecule has 16 heavy (non-hydrogen) atoms. The monoisotopic (exact) mass is 275 g/mol. The van der Waals surface area contributed by atoms with Crippen molar-refractivity contribution in [2.75, 3.05) is 6.26 Å². The molecule has 0 aliphatic heterocycles. The van der Waals surface area contributed by atoms with E-state index < -0.39 is 0 Å². The van der Waals surface area contributed by atoms with E-state index in [2.05, 4.69) is 4.98 Å². The number of ether oxygens (including phenoxy) is 1. The van der Waals surface area contributed by atoms with Crippen molar-refractivity contribution < 1.29 is 4.74 Å². The Balaban J connectivity index is 2.93. The number of thioether (sulfide) groups is 1. The lowest BCUT2D eigenvalue weighted by molar-refractivity contribution is 0.210. The Morgan fingerprint density at radius 2 is 2.31 bits per heavy atom. The zero-order valence-electron chi connectivity index (χ0n) is 9.49. The number of aromatic nitrogens is 1. The number of nitrogens with zero attached hydrogens (tertiary/aromatic N) is 1. The fourth-order valence-corrected chi connectivity index (χ4v) is 2.12. The molecule has 1 rings (SSSR count). The van der Waals surface area contributed by atoms with Crippen molar-refractivity contribution in [1.82, 2.24) is 4.98 Å². The Labute approximate surface area is 111 Å². The third kappa shape index (κ3) is 3.61. The van der Waals surface area contributed by atoms with Crippen LogP contribution in [0.25, 0.3) is 0 Å². The van der Waals surface area contributed by atoms with E-state index in [1.54, 1.807) is 17.8 Å². The van der Waals surface area contributed by atoms with Crippen molar-refractivity contribution in [1.29, 1.82) is 0 Å². The summed E-state index contributed by atoms with van der Waals surface area (Å²) in [6, 6.07) is 3.66. The van der Waals surface area contributed by atoms with Crippen LogP contribution >= 0.6 is 35.6 Å². The van der Waals surface area contributed by atoms with Crippen LogP contribution in [0.15, 0.2) is 17.0 Å². The fraction of sp³-hybridized carbons (Fsp3) is 0.455. The minimum atomic E-state index is 0.1000. The summed E-state index contributed by atoms with van der Waals surface area (Å²) in [6.45, 7) is 4.03. The summed E-state index contributed by atoms with van der Waals surface area (Å²) in [6.07, 6.45) is 2.98. The average molecular weight is 276 g/mol. The number of rotatable bonds is 4. The average Bonchev–Trinajstić information content (AvgIpc) is 2.28. The highest BCUT2D eigenvalue weighted by molar-refractivity contribution is 7.98. The molecule has 0 amide bonds. The largest absolute Gasteiger partial charge is 0.479 e. The van der Waals surface area contributed by atoms with Crippen molar-refractivity contribution in [3.8, 4) is 0 Å². The Kier molecular flexibility index (Phi) is 5.52. The minimum Gasteiger partial charge on any atom is -0.479 e. The summed E-state index contributed by atoms with van der Waals surface area (Å²) in [5.74, 6) is 0. The Morgan fingerprint density at radius 1 is 1.62 bits per heavy atom. The molecule has 2 nitrogen and oxygen atoms in total. The molecule has 1 unspecified atom stereocenters. The third-order valence-electron chi connectivity index (χ3n) is 2.12. The van der Waals surface area contributed by atoms with Crippen LogP contribution in [0.1, 0.15) is 26.0 Å². The first kappa shape index (κ1) is 13.7. The molecule has 1 aromatic heterocycles. The van der Waals surface area contributed by atoms with Gasteiger partial charge in [-0.05, 0) is 44.0 Å². The molecule has 1 atom stereocenters. The van der Waals surface area contributed by atoms with E-state index in [-0.39, 0.29) is 6.10 Å². The quantitative estimate of drug-likeness (QED) is 0.471. The molecule has 0 fully saturated rings. The van der Waals surface area contributed by atoms with E-state index in [0.29, 0.717) is 15.9 Å². The summed E-state index contributed by atoms with van der Waals surface area (Å²) in [5, 5.41) is 0.851. The third-order valence-corrected chi connectivity index (χ3v) is 3.39. The summed E-state index contributed by atoms with van der Waals surface area (Å²) in [5.41, 5.74) is 0.662. The zero-order chi connectivity index (χ0) is 12.1. The topological polar surface area (TPSA) is 22.1 Å². The fourth-order valence-electron chi connectivity index (χ4n) is 1.06. The highest BCUT2D eigenvalue weighted by Gasteiger charge is 2.13. The van der Waals surface area contributed by atoms with Crippen molar-refractivity contribution in [3.05, 3.63) is 23.0 Å². The first-order valence-corrected chi connectivity index (χ1v) is 7.01. The van der Waals surface area contributed by atoms with Gasteiger partial charge in [0, 0.05) is 4.90 Å². The van der Waals surface area contributed by atoms with Gasteiger partial charge in [0.15, 0.2) is 0 Å². The number of halogens is 1. The van der Waals surface area contributed by atoms with Gasteiger partial charge in [0.1, 0.15) is 10.8 Å². The van der Waals surface area contributed by atoms with Gasteiger partial charge in [-0.1, -0.05) is 18.5 Å². The van der Waals surface area contributed by atoms with Gasteiger partial charge in [0.2, 0.25) is 5.05 Å². The lowest BCUT2D eigenvalue weighted by Crippen LogP contribution is -2.15. The number of hydrogen-bond donors (Lipinski definition) is 0. The molecule has 0 saturated heterocycles. The second-order valence-electron chi connectivity index (χ2n) is 3.31. The Bertz CT molecular complexity index is 384. The van der Waals surface area contributed by atoms with Gasteiger partial charge in [-0.25, -0.2) is 4.98 Å². The maximum Gasteiger partial charge on any atom is 0.211 e. The normalized spacial score (nSPS) is 12.2. The van der Waals surface area contributed by atoms with Crippen LogP contribution in [0.5, 0.6) is 0 Å². The number of hydrogen-bond acceptors (Lipinski definition) is 4. The number of thiocarbonyl (C=S) groups is 1. The van der Waals surface area contributed by atoms with E-state index >= 15 is 0 Å². The van der Waals surface area contributed by atoms with Gasteiger partial charge in [-0.3, -0.25) is 0 Å². The predicted octanol–water partition coefficient (Wildman–Crippen LogP) is 3.95. The standard InChI is InChI=1S/C11H14ClNOS2/c1-4-7(2)14-11(15)10-8(16-3)5-6-9(12)13-10/h5-7H,4H2,1-3H3. The molecule has 0 aliphatic rings. The van der Waals surface area contributed by atoms with Crippen LogP contribution in [-0.4, -0.2) is 22.4 Å². The van der Waals surface area contributed by atoms with E-state index in [9.17, 15) is 0 Å². The molecular formula is C11H14ClNOS2. The molecule has 1 aromatic rings. The van der Waals surface area contributed by atoms with Crippen molar-refractivity contribution in [2.24, 2.45) is 0 Å². The van der Waals surface area contributed by atoms with E-state index in [4.69, 9.17) is 28.6 Å². The van der Waals surface area contributed by atoms with Gasteiger partial charge in [-0.2, -0.15) is 0 Å². The van der Waals surface area contributed by atoms with Gasteiger partial charge in [0.05, 0.1) is 6.10 Å². The molecule has 1 heterocycles. The van der Waals surface area contributed by atoms with Crippen LogP contribution in [-0.2, 0) is 4.74 Å². The molecule has 0 radical (unpaired) electrons. The smallest absolute Gasteiger partial charge is 0.211 e. The molecule has 0 bridgehead atoms. The second kappa shape index (κ2) is 6.42. The molecule has 0 spiro atoms. The maximum atomic E-state index is 5.85. The van der Waals surface area contributed by atoms with Crippen LogP contribution in [0.2, 0.25) is 5.15 Å². The van der Waals surface area contributed by atoms with Crippen LogP contribution in [0.4, 0.5) is 0 Å². The van der Waals surface area contributed by atoms with Gasteiger partial charge < -0.3 is 4.74 Å². The molecular weight excluding hydrogens is 262 g/mol. The van der Waals surface area contributed by atoms with E-state index in [0.717, 1.165) is 11.3 Å².